The van der Waals surface area contributed by atoms with Crippen LogP contribution >= 0.6 is 0 Å². The van der Waals surface area contributed by atoms with Crippen LogP contribution in [0.25, 0.3) is 0 Å². The predicted molar refractivity (Wildman–Crippen MR) is 121 cm³/mol. The average Bonchev–Trinajstić information content (AvgIpc) is 2.65. The summed E-state index contributed by atoms with van der Waals surface area (Å²) < 4.78 is 16.5. The lowest BCUT2D eigenvalue weighted by Crippen LogP contribution is -2.46. The lowest BCUT2D eigenvalue weighted by molar-refractivity contribution is -0.125. The van der Waals surface area contributed by atoms with Gasteiger partial charge in [0.1, 0.15) is 5.75 Å². The second-order valence-electron chi connectivity index (χ2n) is 8.13. The fourth-order valence-corrected chi connectivity index (χ4v) is 2.58. The Labute approximate surface area is 181 Å². The number of ketones is 1. The van der Waals surface area contributed by atoms with Gasteiger partial charge in [0.05, 0.1) is 5.60 Å². The highest BCUT2D eigenvalue weighted by Gasteiger charge is 2.23. The van der Waals surface area contributed by atoms with Crippen molar-refractivity contribution >= 4 is 17.4 Å². The Balaban J connectivity index is 0.00000407. The van der Waals surface area contributed by atoms with Gasteiger partial charge in [0.2, 0.25) is 0 Å². The minimum absolute atomic E-state index is 0.115. The minimum Gasteiger partial charge on any atom is -0.484 e. The maximum atomic E-state index is 12.2. The van der Waals surface area contributed by atoms with E-state index in [9.17, 15) is 9.59 Å². The molecule has 3 N–H and O–H groups in total. The molecular formula is C23H40N2O5. The largest absolute Gasteiger partial charge is 0.484 e. The summed E-state index contributed by atoms with van der Waals surface area (Å²) in [7, 11) is 1.67. The van der Waals surface area contributed by atoms with Crippen molar-refractivity contribution in [2.24, 2.45) is 0 Å². The van der Waals surface area contributed by atoms with E-state index in [0.717, 1.165) is 6.42 Å². The SMILES string of the molecule is CC.COCCC(C)(C)OCCC(C)(C)NC(=O)COc1ccc(C(C)=O)c(N)c1. The van der Waals surface area contributed by atoms with Crippen LogP contribution in [0.2, 0.25) is 0 Å². The molecule has 0 aliphatic heterocycles. The van der Waals surface area contributed by atoms with E-state index >= 15 is 0 Å². The van der Waals surface area contributed by atoms with Crippen LogP contribution in [0.5, 0.6) is 5.75 Å². The van der Waals surface area contributed by atoms with E-state index in [1.807, 2.05) is 41.5 Å². The second kappa shape index (κ2) is 13.2. The second-order valence-corrected chi connectivity index (χ2v) is 8.13. The highest BCUT2D eigenvalue weighted by atomic mass is 16.5. The molecule has 0 fully saturated rings. The number of carbonyl (C=O) groups excluding carboxylic acids is 2. The summed E-state index contributed by atoms with van der Waals surface area (Å²) in [5.41, 5.74) is 5.89. The lowest BCUT2D eigenvalue weighted by atomic mass is 10.0. The number of nitrogens with two attached hydrogens (primary N) is 1. The smallest absolute Gasteiger partial charge is 0.258 e. The Morgan fingerprint density at radius 2 is 1.70 bits per heavy atom. The minimum atomic E-state index is -0.435. The van der Waals surface area contributed by atoms with E-state index in [-0.39, 0.29) is 23.9 Å². The molecule has 172 valence electrons. The standard InChI is InChI=1S/C21H34N2O5.C2H6/c1-15(24)17-8-7-16(13-18(17)22)27-14-19(25)23-20(2,3)9-12-28-21(4,5)10-11-26-6;1-2/h7-8,13H,9-12,14,22H2,1-6H3,(H,23,25);1-2H3. The van der Waals surface area contributed by atoms with Crippen molar-refractivity contribution in [2.45, 2.75) is 72.4 Å². The molecule has 1 rings (SSSR count). The zero-order valence-electron chi connectivity index (χ0n) is 19.9. The third-order valence-corrected chi connectivity index (χ3v) is 4.38. The van der Waals surface area contributed by atoms with Crippen molar-refractivity contribution in [3.05, 3.63) is 23.8 Å². The molecule has 7 heteroatoms. The van der Waals surface area contributed by atoms with Crippen LogP contribution in [0.1, 0.15) is 71.7 Å². The van der Waals surface area contributed by atoms with E-state index in [0.29, 0.717) is 36.6 Å². The first-order chi connectivity index (χ1) is 14.0. The monoisotopic (exact) mass is 424 g/mol. The molecule has 7 nitrogen and oxygen atoms in total. The van der Waals surface area contributed by atoms with Crippen molar-refractivity contribution in [3.63, 3.8) is 0 Å². The van der Waals surface area contributed by atoms with E-state index < -0.39 is 5.54 Å². The molecule has 0 aliphatic rings. The van der Waals surface area contributed by atoms with Crippen LogP contribution in [0, 0.1) is 0 Å². The van der Waals surface area contributed by atoms with Crippen molar-refractivity contribution in [1.29, 1.82) is 0 Å². The molecule has 1 aromatic carbocycles. The number of hydrogen-bond donors (Lipinski definition) is 2. The maximum absolute atomic E-state index is 12.2. The first kappa shape index (κ1) is 27.9. The zero-order chi connectivity index (χ0) is 23.4. The summed E-state index contributed by atoms with van der Waals surface area (Å²) in [6.07, 6.45) is 1.46. The number of benzene rings is 1. The van der Waals surface area contributed by atoms with Gasteiger partial charge in [-0.2, -0.15) is 0 Å². The number of hydrogen-bond acceptors (Lipinski definition) is 6. The molecule has 1 amide bonds. The van der Waals surface area contributed by atoms with Gasteiger partial charge in [0.15, 0.2) is 12.4 Å². The summed E-state index contributed by atoms with van der Waals surface area (Å²) in [6, 6.07) is 4.77. The molecule has 0 heterocycles. The number of nitrogens with one attached hydrogen (secondary N) is 1. The molecule has 0 aromatic heterocycles. The Morgan fingerprint density at radius 1 is 1.07 bits per heavy atom. The van der Waals surface area contributed by atoms with Gasteiger partial charge >= 0.3 is 0 Å². The summed E-state index contributed by atoms with van der Waals surface area (Å²) in [5, 5.41) is 2.95. The van der Waals surface area contributed by atoms with Gasteiger partial charge in [-0.15, -0.1) is 0 Å². The number of Topliss-reactive ketones (excluding diaryl/α,β-unsaturated/α-hetero) is 1. The van der Waals surface area contributed by atoms with Crippen LogP contribution < -0.4 is 15.8 Å². The topological polar surface area (TPSA) is 99.9 Å². The Kier molecular flexibility index (Phi) is 12.3. The van der Waals surface area contributed by atoms with E-state index in [1.165, 1.54) is 6.92 Å². The molecule has 0 unspecified atom stereocenters. The molecule has 0 saturated carbocycles. The Hall–Kier alpha value is -2.12. The van der Waals surface area contributed by atoms with Crippen molar-refractivity contribution < 1.29 is 23.8 Å². The fourth-order valence-electron chi connectivity index (χ4n) is 2.58. The molecule has 0 radical (unpaired) electrons. The quantitative estimate of drug-likeness (QED) is 0.389. The first-order valence-corrected chi connectivity index (χ1v) is 10.4. The fraction of sp³-hybridized carbons (Fsp3) is 0.652. The van der Waals surface area contributed by atoms with Gasteiger partial charge in [-0.05, 0) is 59.6 Å². The highest BCUT2D eigenvalue weighted by molar-refractivity contribution is 5.99. The van der Waals surface area contributed by atoms with Gasteiger partial charge in [-0.3, -0.25) is 9.59 Å². The number of ether oxygens (including phenoxy) is 3. The summed E-state index contributed by atoms with van der Waals surface area (Å²) in [4.78, 5) is 23.6. The number of nitrogen functional groups attached to an aromatic ring is 1. The third-order valence-electron chi connectivity index (χ3n) is 4.38. The van der Waals surface area contributed by atoms with Gasteiger partial charge in [-0.25, -0.2) is 0 Å². The normalized spacial score (nSPS) is 11.3. The zero-order valence-corrected chi connectivity index (χ0v) is 19.9. The van der Waals surface area contributed by atoms with Crippen LogP contribution in [-0.4, -0.2) is 49.8 Å². The van der Waals surface area contributed by atoms with E-state index in [2.05, 4.69) is 5.32 Å². The van der Waals surface area contributed by atoms with E-state index in [4.69, 9.17) is 19.9 Å². The Bertz CT molecular complexity index is 672. The number of carbonyl (C=O) groups is 2. The Morgan fingerprint density at radius 3 is 2.23 bits per heavy atom. The summed E-state index contributed by atoms with van der Waals surface area (Å²) in [5.74, 6) is 0.0905. The number of anilines is 1. The van der Waals surface area contributed by atoms with Crippen LogP contribution in [0.15, 0.2) is 18.2 Å². The molecule has 0 aliphatic carbocycles. The molecule has 30 heavy (non-hydrogen) atoms. The third kappa shape index (κ3) is 11.2. The van der Waals surface area contributed by atoms with Gasteiger partial charge in [0, 0.05) is 43.2 Å². The van der Waals surface area contributed by atoms with Gasteiger partial charge in [0.25, 0.3) is 5.91 Å². The van der Waals surface area contributed by atoms with E-state index in [1.54, 1.807) is 25.3 Å². The first-order valence-electron chi connectivity index (χ1n) is 10.4. The molecular weight excluding hydrogens is 384 g/mol. The summed E-state index contributed by atoms with van der Waals surface area (Å²) >= 11 is 0. The average molecular weight is 425 g/mol. The number of rotatable bonds is 12. The van der Waals surface area contributed by atoms with Crippen LogP contribution in [0.3, 0.4) is 0 Å². The highest BCUT2D eigenvalue weighted by Crippen LogP contribution is 2.21. The molecule has 1 aromatic rings. The van der Waals surface area contributed by atoms with Crippen molar-refractivity contribution in [2.75, 3.05) is 32.7 Å². The molecule has 0 saturated heterocycles. The van der Waals surface area contributed by atoms with Gasteiger partial charge < -0.3 is 25.3 Å². The molecule has 0 spiro atoms. The van der Waals surface area contributed by atoms with Gasteiger partial charge in [-0.1, -0.05) is 13.8 Å². The van der Waals surface area contributed by atoms with Crippen molar-refractivity contribution in [3.8, 4) is 5.75 Å². The molecule has 0 atom stereocenters. The van der Waals surface area contributed by atoms with Crippen LogP contribution in [-0.2, 0) is 14.3 Å². The molecule has 0 bridgehead atoms. The predicted octanol–water partition coefficient (Wildman–Crippen LogP) is 3.99. The summed E-state index contributed by atoms with van der Waals surface area (Å²) in [6.45, 7) is 14.4. The maximum Gasteiger partial charge on any atom is 0.258 e. The lowest BCUT2D eigenvalue weighted by Gasteiger charge is -2.30. The van der Waals surface area contributed by atoms with Crippen molar-refractivity contribution in [1.82, 2.24) is 5.32 Å². The van der Waals surface area contributed by atoms with Crippen LogP contribution in [0.4, 0.5) is 5.69 Å². The number of methoxy groups -OCH3 is 1. The number of amides is 1.